The molecule has 14 heavy (non-hydrogen) atoms. The van der Waals surface area contributed by atoms with Crippen LogP contribution in [-0.4, -0.2) is 25.8 Å². The first-order valence-corrected chi connectivity index (χ1v) is 5.87. The van der Waals surface area contributed by atoms with E-state index >= 15 is 0 Å². The van der Waals surface area contributed by atoms with Gasteiger partial charge >= 0.3 is 0 Å². The molecule has 0 aromatic rings. The summed E-state index contributed by atoms with van der Waals surface area (Å²) in [6.45, 7) is 12.1. The Morgan fingerprint density at radius 3 is 2.43 bits per heavy atom. The van der Waals surface area contributed by atoms with Gasteiger partial charge in [-0.2, -0.15) is 0 Å². The molecular weight excluding hydrogens is 174 g/mol. The van der Waals surface area contributed by atoms with Gasteiger partial charge in [0.2, 0.25) is 0 Å². The van der Waals surface area contributed by atoms with E-state index in [9.17, 15) is 0 Å². The Hall–Kier alpha value is -0.0800. The Morgan fingerprint density at radius 1 is 1.36 bits per heavy atom. The lowest BCUT2D eigenvalue weighted by atomic mass is 9.88. The normalized spacial score (nSPS) is 24.0. The van der Waals surface area contributed by atoms with E-state index in [1.807, 2.05) is 0 Å². The minimum absolute atomic E-state index is 0.406. The highest BCUT2D eigenvalue weighted by Gasteiger charge is 2.33. The first-order valence-electron chi connectivity index (χ1n) is 5.87. The van der Waals surface area contributed by atoms with Gasteiger partial charge < -0.3 is 10.1 Å². The van der Waals surface area contributed by atoms with E-state index in [1.54, 1.807) is 0 Å². The van der Waals surface area contributed by atoms with Gasteiger partial charge in [-0.3, -0.25) is 0 Å². The minimum Gasteiger partial charge on any atom is -0.380 e. The Morgan fingerprint density at radius 2 is 2.00 bits per heavy atom. The SMILES string of the molecule is CCC(C)CC(C)NCC1(C)COC1. The molecule has 0 aromatic heterocycles. The van der Waals surface area contributed by atoms with Gasteiger partial charge in [-0.15, -0.1) is 0 Å². The highest BCUT2D eigenvalue weighted by atomic mass is 16.5. The Bertz CT molecular complexity index is 166. The lowest BCUT2D eigenvalue weighted by molar-refractivity contribution is -0.1000. The van der Waals surface area contributed by atoms with Crippen LogP contribution in [0.4, 0.5) is 0 Å². The second kappa shape index (κ2) is 5.13. The summed E-state index contributed by atoms with van der Waals surface area (Å²) in [6.07, 6.45) is 2.57. The molecule has 0 radical (unpaired) electrons. The first-order chi connectivity index (χ1) is 6.56. The predicted octanol–water partition coefficient (Wildman–Crippen LogP) is 2.44. The summed E-state index contributed by atoms with van der Waals surface area (Å²) in [5.74, 6) is 0.836. The molecule has 1 aliphatic rings. The van der Waals surface area contributed by atoms with Crippen molar-refractivity contribution >= 4 is 0 Å². The van der Waals surface area contributed by atoms with Crippen molar-refractivity contribution in [2.75, 3.05) is 19.8 Å². The van der Waals surface area contributed by atoms with Gasteiger partial charge in [0.05, 0.1) is 13.2 Å². The summed E-state index contributed by atoms with van der Waals surface area (Å²) in [7, 11) is 0. The first kappa shape index (κ1) is 12.0. The van der Waals surface area contributed by atoms with E-state index < -0.39 is 0 Å². The third-order valence-corrected chi connectivity index (χ3v) is 3.23. The van der Waals surface area contributed by atoms with E-state index in [1.165, 1.54) is 12.8 Å². The second-order valence-electron chi connectivity index (χ2n) is 5.33. The summed E-state index contributed by atoms with van der Waals surface area (Å²) in [5, 5.41) is 3.61. The molecule has 1 N–H and O–H groups in total. The van der Waals surface area contributed by atoms with Crippen molar-refractivity contribution in [2.24, 2.45) is 11.3 Å². The molecule has 2 heteroatoms. The smallest absolute Gasteiger partial charge is 0.0554 e. The average molecular weight is 199 g/mol. The maximum Gasteiger partial charge on any atom is 0.0554 e. The van der Waals surface area contributed by atoms with Crippen LogP contribution in [0, 0.1) is 11.3 Å². The van der Waals surface area contributed by atoms with Crippen LogP contribution in [0.15, 0.2) is 0 Å². The predicted molar refractivity (Wildman–Crippen MR) is 60.5 cm³/mol. The van der Waals surface area contributed by atoms with E-state index in [0.29, 0.717) is 11.5 Å². The fraction of sp³-hybridized carbons (Fsp3) is 1.00. The zero-order valence-corrected chi connectivity index (χ0v) is 10.1. The van der Waals surface area contributed by atoms with Gasteiger partial charge in [-0.1, -0.05) is 27.2 Å². The molecule has 84 valence electrons. The zero-order chi connectivity index (χ0) is 10.6. The number of rotatable bonds is 6. The van der Waals surface area contributed by atoms with Crippen molar-refractivity contribution in [3.63, 3.8) is 0 Å². The number of ether oxygens (including phenoxy) is 1. The Balaban J connectivity index is 2.11. The molecule has 1 rings (SSSR count). The summed E-state index contributed by atoms with van der Waals surface area (Å²) < 4.78 is 5.23. The fourth-order valence-electron chi connectivity index (χ4n) is 1.83. The summed E-state index contributed by atoms with van der Waals surface area (Å²) in [6, 6.07) is 0.641. The molecule has 1 fully saturated rings. The van der Waals surface area contributed by atoms with Crippen LogP contribution in [0.2, 0.25) is 0 Å². The molecule has 0 saturated carbocycles. The number of nitrogens with one attached hydrogen (secondary N) is 1. The van der Waals surface area contributed by atoms with Crippen LogP contribution in [-0.2, 0) is 4.74 Å². The highest BCUT2D eigenvalue weighted by molar-refractivity contribution is 4.84. The van der Waals surface area contributed by atoms with Gasteiger partial charge in [0, 0.05) is 18.0 Å². The van der Waals surface area contributed by atoms with E-state index in [0.717, 1.165) is 25.7 Å². The van der Waals surface area contributed by atoms with E-state index in [4.69, 9.17) is 4.74 Å². The number of hydrogen-bond acceptors (Lipinski definition) is 2. The van der Waals surface area contributed by atoms with Gasteiger partial charge in [-0.05, 0) is 19.3 Å². The van der Waals surface area contributed by atoms with Gasteiger partial charge in [-0.25, -0.2) is 0 Å². The summed E-state index contributed by atoms with van der Waals surface area (Å²) in [4.78, 5) is 0. The van der Waals surface area contributed by atoms with Crippen LogP contribution >= 0.6 is 0 Å². The van der Waals surface area contributed by atoms with Crippen molar-refractivity contribution in [2.45, 2.75) is 46.6 Å². The van der Waals surface area contributed by atoms with Crippen LogP contribution in [0.1, 0.15) is 40.5 Å². The summed E-state index contributed by atoms with van der Waals surface area (Å²) in [5.41, 5.74) is 0.406. The third-order valence-electron chi connectivity index (χ3n) is 3.23. The molecule has 0 bridgehead atoms. The third kappa shape index (κ3) is 3.58. The minimum atomic E-state index is 0.406. The molecule has 0 aromatic carbocycles. The molecule has 0 amide bonds. The van der Waals surface area contributed by atoms with E-state index in [2.05, 4.69) is 33.0 Å². The quantitative estimate of drug-likeness (QED) is 0.709. The van der Waals surface area contributed by atoms with Crippen LogP contribution in [0.5, 0.6) is 0 Å². The zero-order valence-electron chi connectivity index (χ0n) is 10.1. The second-order valence-corrected chi connectivity index (χ2v) is 5.33. The average Bonchev–Trinajstić information content (AvgIpc) is 2.11. The maximum atomic E-state index is 5.23. The topological polar surface area (TPSA) is 21.3 Å². The van der Waals surface area contributed by atoms with Crippen molar-refractivity contribution in [3.8, 4) is 0 Å². The lowest BCUT2D eigenvalue weighted by Crippen LogP contribution is -2.49. The maximum absolute atomic E-state index is 5.23. The van der Waals surface area contributed by atoms with Crippen molar-refractivity contribution in [1.82, 2.24) is 5.32 Å². The Kier molecular flexibility index (Phi) is 4.39. The van der Waals surface area contributed by atoms with Gasteiger partial charge in [0.25, 0.3) is 0 Å². The summed E-state index contributed by atoms with van der Waals surface area (Å²) >= 11 is 0. The van der Waals surface area contributed by atoms with Gasteiger partial charge in [0.15, 0.2) is 0 Å². The molecule has 1 saturated heterocycles. The van der Waals surface area contributed by atoms with Gasteiger partial charge in [0.1, 0.15) is 0 Å². The van der Waals surface area contributed by atoms with Crippen molar-refractivity contribution in [1.29, 1.82) is 0 Å². The molecular formula is C12H25NO. The lowest BCUT2D eigenvalue weighted by Gasteiger charge is -2.39. The van der Waals surface area contributed by atoms with Crippen LogP contribution in [0.3, 0.4) is 0 Å². The standard InChI is InChI=1S/C12H25NO/c1-5-10(2)6-11(3)13-7-12(4)8-14-9-12/h10-11,13H,5-9H2,1-4H3. The molecule has 2 unspecified atom stereocenters. The largest absolute Gasteiger partial charge is 0.380 e. The molecule has 2 nitrogen and oxygen atoms in total. The Labute approximate surface area is 88.4 Å². The molecule has 1 aliphatic heterocycles. The van der Waals surface area contributed by atoms with Crippen molar-refractivity contribution in [3.05, 3.63) is 0 Å². The highest BCUT2D eigenvalue weighted by Crippen LogP contribution is 2.25. The molecule has 1 heterocycles. The molecule has 0 aliphatic carbocycles. The van der Waals surface area contributed by atoms with Crippen molar-refractivity contribution < 1.29 is 4.74 Å². The monoisotopic (exact) mass is 199 g/mol. The number of hydrogen-bond donors (Lipinski definition) is 1. The van der Waals surface area contributed by atoms with Crippen LogP contribution in [0.25, 0.3) is 0 Å². The molecule has 2 atom stereocenters. The molecule has 0 spiro atoms. The van der Waals surface area contributed by atoms with E-state index in [-0.39, 0.29) is 0 Å². The van der Waals surface area contributed by atoms with Crippen LogP contribution < -0.4 is 5.32 Å². The fourth-order valence-corrected chi connectivity index (χ4v) is 1.83.